The van der Waals surface area contributed by atoms with Crippen molar-refractivity contribution in [2.24, 2.45) is 5.73 Å². The van der Waals surface area contributed by atoms with Crippen molar-refractivity contribution >= 4 is 38.1 Å². The first-order valence-corrected chi connectivity index (χ1v) is 11.4. The Morgan fingerprint density at radius 2 is 1.74 bits per heavy atom. The van der Waals surface area contributed by atoms with Gasteiger partial charge in [0, 0.05) is 23.9 Å². The molecular formula is C23H21N3O4S. The lowest BCUT2D eigenvalue weighted by Crippen LogP contribution is -2.30. The molecular weight excluding hydrogens is 414 g/mol. The first-order chi connectivity index (χ1) is 14.6. The van der Waals surface area contributed by atoms with Gasteiger partial charge in [0.05, 0.1) is 17.1 Å². The van der Waals surface area contributed by atoms with Gasteiger partial charge in [0.2, 0.25) is 5.91 Å². The molecule has 4 N–H and O–H groups in total. The van der Waals surface area contributed by atoms with E-state index in [4.69, 9.17) is 11.5 Å². The molecule has 0 radical (unpaired) electrons. The predicted molar refractivity (Wildman–Crippen MR) is 120 cm³/mol. The van der Waals surface area contributed by atoms with E-state index in [0.717, 1.165) is 28.2 Å². The lowest BCUT2D eigenvalue weighted by molar-refractivity contribution is -0.114. The Labute approximate surface area is 179 Å². The predicted octanol–water partition coefficient (Wildman–Crippen LogP) is 2.49. The Balaban J connectivity index is 1.80. The summed E-state index contributed by atoms with van der Waals surface area (Å²) in [7, 11) is -3.47. The first-order valence-electron chi connectivity index (χ1n) is 9.48. The summed E-state index contributed by atoms with van der Waals surface area (Å²) in [6.07, 6.45) is 1.12. The van der Waals surface area contributed by atoms with Crippen LogP contribution in [-0.4, -0.2) is 37.9 Å². The van der Waals surface area contributed by atoms with Crippen LogP contribution < -0.4 is 11.5 Å². The van der Waals surface area contributed by atoms with Gasteiger partial charge in [0.15, 0.2) is 9.84 Å². The Hall–Kier alpha value is -3.65. The molecule has 0 aromatic heterocycles. The van der Waals surface area contributed by atoms with Crippen molar-refractivity contribution in [1.82, 2.24) is 4.90 Å². The molecule has 0 unspecified atom stereocenters. The number of nitrogen functional groups attached to an aromatic ring is 1. The lowest BCUT2D eigenvalue weighted by atomic mass is 9.96. The maximum absolute atomic E-state index is 12.8. The van der Waals surface area contributed by atoms with Crippen LogP contribution in [0.2, 0.25) is 0 Å². The van der Waals surface area contributed by atoms with Crippen LogP contribution in [0.5, 0.6) is 0 Å². The molecule has 1 heterocycles. The van der Waals surface area contributed by atoms with Crippen molar-refractivity contribution in [2.45, 2.75) is 11.4 Å². The van der Waals surface area contributed by atoms with Crippen LogP contribution in [0.15, 0.2) is 65.6 Å². The fourth-order valence-corrected chi connectivity index (χ4v) is 4.67. The highest BCUT2D eigenvalue weighted by atomic mass is 32.2. The second-order valence-electron chi connectivity index (χ2n) is 7.68. The number of amides is 2. The number of carbonyl (C=O) groups excluding carboxylic acids is 2. The van der Waals surface area contributed by atoms with E-state index in [2.05, 4.69) is 6.58 Å². The van der Waals surface area contributed by atoms with Gasteiger partial charge in [-0.05, 0) is 51.7 Å². The summed E-state index contributed by atoms with van der Waals surface area (Å²) in [5.74, 6) is -0.822. The van der Waals surface area contributed by atoms with Gasteiger partial charge in [-0.3, -0.25) is 9.59 Å². The van der Waals surface area contributed by atoms with Gasteiger partial charge in [-0.1, -0.05) is 30.8 Å². The van der Waals surface area contributed by atoms with Gasteiger partial charge in [-0.2, -0.15) is 0 Å². The van der Waals surface area contributed by atoms with Crippen molar-refractivity contribution in [3.63, 3.8) is 0 Å². The maximum Gasteiger partial charge on any atom is 0.254 e. The molecule has 1 aliphatic heterocycles. The van der Waals surface area contributed by atoms with Gasteiger partial charge in [0.1, 0.15) is 0 Å². The van der Waals surface area contributed by atoms with E-state index in [1.165, 1.54) is 4.90 Å². The average molecular weight is 436 g/mol. The van der Waals surface area contributed by atoms with E-state index in [9.17, 15) is 18.0 Å². The summed E-state index contributed by atoms with van der Waals surface area (Å²) >= 11 is 0. The zero-order valence-electron chi connectivity index (χ0n) is 16.9. The molecule has 1 aliphatic rings. The Bertz CT molecular complexity index is 1390. The van der Waals surface area contributed by atoms with Crippen LogP contribution in [0.1, 0.15) is 15.9 Å². The third-order valence-electron chi connectivity index (χ3n) is 5.48. The number of sulfone groups is 1. The molecule has 4 rings (SSSR count). The fraction of sp³-hybridized carbons (Fsp3) is 0.130. The number of rotatable bonds is 5. The van der Waals surface area contributed by atoms with Crippen molar-refractivity contribution in [3.8, 4) is 11.1 Å². The van der Waals surface area contributed by atoms with Gasteiger partial charge in [-0.25, -0.2) is 8.42 Å². The van der Waals surface area contributed by atoms with E-state index in [-0.39, 0.29) is 28.6 Å². The summed E-state index contributed by atoms with van der Waals surface area (Å²) in [5, 5.41) is 1.83. The van der Waals surface area contributed by atoms with Gasteiger partial charge < -0.3 is 16.4 Å². The third-order valence-corrected chi connectivity index (χ3v) is 6.63. The van der Waals surface area contributed by atoms with Gasteiger partial charge in [-0.15, -0.1) is 0 Å². The lowest BCUT2D eigenvalue weighted by Gasteiger charge is -2.15. The molecule has 0 fully saturated rings. The molecule has 158 valence electrons. The summed E-state index contributed by atoms with van der Waals surface area (Å²) in [6, 6.07) is 14.3. The molecule has 3 aromatic carbocycles. The van der Waals surface area contributed by atoms with Gasteiger partial charge >= 0.3 is 0 Å². The molecule has 0 saturated heterocycles. The minimum Gasteiger partial charge on any atom is -0.398 e. The number of benzene rings is 3. The number of anilines is 1. The third kappa shape index (κ3) is 3.66. The fourth-order valence-electron chi connectivity index (χ4n) is 3.84. The molecule has 0 saturated carbocycles. The summed E-state index contributed by atoms with van der Waals surface area (Å²) in [5.41, 5.74) is 14.4. The monoisotopic (exact) mass is 435 g/mol. The minimum atomic E-state index is -3.47. The molecule has 0 spiro atoms. The van der Waals surface area contributed by atoms with Crippen LogP contribution in [0.3, 0.4) is 0 Å². The maximum atomic E-state index is 12.8. The highest BCUT2D eigenvalue weighted by molar-refractivity contribution is 7.90. The molecule has 8 heteroatoms. The van der Waals surface area contributed by atoms with E-state index >= 15 is 0 Å². The molecule has 3 aromatic rings. The van der Waals surface area contributed by atoms with Crippen LogP contribution in [0.25, 0.3) is 21.9 Å². The average Bonchev–Trinajstić information content (AvgIpc) is 3.03. The molecule has 0 bridgehead atoms. The second-order valence-corrected chi connectivity index (χ2v) is 9.67. The SMILES string of the molecule is C=C(CN1Cc2c(ccc3ccc(-c4ccc(N)c(S(C)(=O)=O)c4)cc23)C1=O)C(N)=O. The van der Waals surface area contributed by atoms with Crippen LogP contribution >= 0.6 is 0 Å². The number of nitrogens with zero attached hydrogens (tertiary/aromatic N) is 1. The van der Waals surface area contributed by atoms with Crippen molar-refractivity contribution < 1.29 is 18.0 Å². The highest BCUT2D eigenvalue weighted by Crippen LogP contribution is 2.34. The van der Waals surface area contributed by atoms with Crippen molar-refractivity contribution in [1.29, 1.82) is 0 Å². The van der Waals surface area contributed by atoms with E-state index in [0.29, 0.717) is 17.7 Å². The van der Waals surface area contributed by atoms with Crippen LogP contribution in [0, 0.1) is 0 Å². The van der Waals surface area contributed by atoms with Crippen LogP contribution in [-0.2, 0) is 21.2 Å². The number of carbonyl (C=O) groups is 2. The zero-order chi connectivity index (χ0) is 22.5. The smallest absolute Gasteiger partial charge is 0.254 e. The quantitative estimate of drug-likeness (QED) is 0.471. The first kappa shape index (κ1) is 20.6. The summed E-state index contributed by atoms with van der Waals surface area (Å²) < 4.78 is 24.1. The summed E-state index contributed by atoms with van der Waals surface area (Å²) in [4.78, 5) is 25.7. The Kier molecular flexibility index (Phi) is 4.82. The van der Waals surface area contributed by atoms with Crippen molar-refractivity contribution in [3.05, 3.63) is 71.8 Å². The molecule has 2 amide bonds. The molecule has 0 aliphatic carbocycles. The standard InChI is InChI=1S/C23H21N3O4S/c1-13(22(25)27)11-26-12-19-17(23(26)28)7-5-14-3-4-15(9-18(14)19)16-6-8-20(24)21(10-16)31(2,29)30/h3-10H,1,11-12,24H2,2H3,(H2,25,27). The van der Waals surface area contributed by atoms with Gasteiger partial charge in [0.25, 0.3) is 5.91 Å². The minimum absolute atomic E-state index is 0.0692. The van der Waals surface area contributed by atoms with Crippen molar-refractivity contribution in [2.75, 3.05) is 18.5 Å². The normalized spacial score (nSPS) is 13.5. The molecule has 7 nitrogen and oxygen atoms in total. The number of fused-ring (bicyclic) bond motifs is 3. The largest absolute Gasteiger partial charge is 0.398 e. The molecule has 31 heavy (non-hydrogen) atoms. The summed E-state index contributed by atoms with van der Waals surface area (Å²) in [6.45, 7) is 4.04. The van der Waals surface area contributed by atoms with Crippen LogP contribution in [0.4, 0.5) is 5.69 Å². The van der Waals surface area contributed by atoms with E-state index in [1.54, 1.807) is 24.3 Å². The number of primary amides is 1. The number of nitrogens with two attached hydrogens (primary N) is 2. The number of hydrogen-bond donors (Lipinski definition) is 2. The van der Waals surface area contributed by atoms with E-state index in [1.807, 2.05) is 24.3 Å². The Morgan fingerprint density at radius 3 is 2.42 bits per heavy atom. The molecule has 0 atom stereocenters. The van der Waals surface area contributed by atoms with E-state index < -0.39 is 15.7 Å². The Morgan fingerprint density at radius 1 is 1.10 bits per heavy atom. The highest BCUT2D eigenvalue weighted by Gasteiger charge is 2.29. The number of hydrogen-bond acceptors (Lipinski definition) is 5. The second kappa shape index (κ2) is 7.24. The zero-order valence-corrected chi connectivity index (χ0v) is 17.7. The topological polar surface area (TPSA) is 124 Å².